The SMILES string of the molecule is COc1ccc(C2OC3C[C@]4(C)CCC5[C@H](C)CCC(C2C)[C@@]35OO4)c(OC)c1. The first-order chi connectivity index (χ1) is 13.9. The Balaban J connectivity index is 1.57. The van der Waals surface area contributed by atoms with Crippen molar-refractivity contribution in [3.63, 3.8) is 0 Å². The van der Waals surface area contributed by atoms with Crippen molar-refractivity contribution in [3.05, 3.63) is 23.8 Å². The highest BCUT2D eigenvalue weighted by Crippen LogP contribution is 2.63. The van der Waals surface area contributed by atoms with Gasteiger partial charge in [0.2, 0.25) is 0 Å². The summed E-state index contributed by atoms with van der Waals surface area (Å²) < 4.78 is 18.1. The molecule has 5 nitrogen and oxygen atoms in total. The lowest BCUT2D eigenvalue weighted by Crippen LogP contribution is -2.68. The highest BCUT2D eigenvalue weighted by molar-refractivity contribution is 5.43. The summed E-state index contributed by atoms with van der Waals surface area (Å²) >= 11 is 0. The molecule has 1 aromatic carbocycles. The van der Waals surface area contributed by atoms with Gasteiger partial charge in [0.25, 0.3) is 0 Å². The lowest BCUT2D eigenvalue weighted by molar-refractivity contribution is -0.488. The quantitative estimate of drug-likeness (QED) is 0.660. The van der Waals surface area contributed by atoms with Crippen LogP contribution in [0.15, 0.2) is 18.2 Å². The number of hydrogen-bond acceptors (Lipinski definition) is 5. The highest BCUT2D eigenvalue weighted by atomic mass is 17.2. The topological polar surface area (TPSA) is 46.2 Å². The van der Waals surface area contributed by atoms with Crippen LogP contribution in [0, 0.1) is 23.7 Å². The molecule has 5 unspecified atom stereocenters. The third-order valence-corrected chi connectivity index (χ3v) is 8.44. The van der Waals surface area contributed by atoms with Crippen LogP contribution >= 0.6 is 0 Å². The van der Waals surface area contributed by atoms with Crippen LogP contribution in [0.25, 0.3) is 0 Å². The zero-order valence-electron chi connectivity index (χ0n) is 18.3. The van der Waals surface area contributed by atoms with Gasteiger partial charge in [-0.15, -0.1) is 0 Å². The van der Waals surface area contributed by atoms with Gasteiger partial charge in [0.1, 0.15) is 22.7 Å². The van der Waals surface area contributed by atoms with Gasteiger partial charge in [-0.05, 0) is 68.4 Å². The van der Waals surface area contributed by atoms with Crippen LogP contribution < -0.4 is 9.47 Å². The molecule has 5 aliphatic rings. The smallest absolute Gasteiger partial charge is 0.136 e. The largest absolute Gasteiger partial charge is 0.497 e. The predicted octanol–water partition coefficient (Wildman–Crippen LogP) is 5.09. The zero-order chi connectivity index (χ0) is 20.4. The summed E-state index contributed by atoms with van der Waals surface area (Å²) in [7, 11) is 3.40. The molecule has 1 spiro atoms. The number of hydrogen-bond donors (Lipinski definition) is 0. The minimum absolute atomic E-state index is 0.0166. The van der Waals surface area contributed by atoms with E-state index >= 15 is 0 Å². The molecule has 3 aliphatic heterocycles. The van der Waals surface area contributed by atoms with E-state index in [9.17, 15) is 0 Å². The van der Waals surface area contributed by atoms with Crippen molar-refractivity contribution in [2.45, 2.75) is 76.3 Å². The van der Waals surface area contributed by atoms with E-state index in [2.05, 4.69) is 26.8 Å². The summed E-state index contributed by atoms with van der Waals surface area (Å²) in [5, 5.41) is 0. The van der Waals surface area contributed by atoms with Gasteiger partial charge >= 0.3 is 0 Å². The summed E-state index contributed by atoms with van der Waals surface area (Å²) in [5.74, 6) is 3.50. The minimum atomic E-state index is -0.316. The van der Waals surface area contributed by atoms with Crippen LogP contribution in [0.3, 0.4) is 0 Å². The predicted molar refractivity (Wildman–Crippen MR) is 109 cm³/mol. The Kier molecular flexibility index (Phi) is 4.65. The van der Waals surface area contributed by atoms with Crippen molar-refractivity contribution in [1.29, 1.82) is 0 Å². The molecule has 29 heavy (non-hydrogen) atoms. The number of benzene rings is 1. The first-order valence-electron chi connectivity index (χ1n) is 11.2. The molecular formula is C24H34O5. The Morgan fingerprint density at radius 1 is 1.00 bits per heavy atom. The lowest BCUT2D eigenvalue weighted by atomic mass is 9.55. The van der Waals surface area contributed by atoms with E-state index in [1.807, 2.05) is 12.1 Å². The van der Waals surface area contributed by atoms with E-state index in [4.69, 9.17) is 24.0 Å². The maximum absolute atomic E-state index is 6.93. The molecule has 5 fully saturated rings. The van der Waals surface area contributed by atoms with Crippen LogP contribution in [-0.2, 0) is 14.5 Å². The molecule has 0 radical (unpaired) electrons. The second-order valence-electron chi connectivity index (χ2n) is 9.99. The lowest BCUT2D eigenvalue weighted by Gasteiger charge is -2.61. The first kappa shape index (κ1) is 19.7. The maximum Gasteiger partial charge on any atom is 0.136 e. The molecule has 2 bridgehead atoms. The van der Waals surface area contributed by atoms with Gasteiger partial charge in [-0.25, -0.2) is 9.78 Å². The van der Waals surface area contributed by atoms with E-state index in [0.717, 1.165) is 42.7 Å². The van der Waals surface area contributed by atoms with Gasteiger partial charge in [0.05, 0.1) is 26.4 Å². The van der Waals surface area contributed by atoms with Crippen molar-refractivity contribution in [2.75, 3.05) is 14.2 Å². The molecule has 6 rings (SSSR count). The fourth-order valence-corrected chi connectivity index (χ4v) is 6.87. The molecule has 8 atom stereocenters. The molecule has 3 heterocycles. The number of rotatable bonds is 3. The van der Waals surface area contributed by atoms with Crippen molar-refractivity contribution < 1.29 is 24.0 Å². The van der Waals surface area contributed by atoms with Crippen LogP contribution in [0.1, 0.15) is 64.5 Å². The molecule has 160 valence electrons. The average Bonchev–Trinajstić information content (AvgIpc) is 2.96. The summed E-state index contributed by atoms with van der Waals surface area (Å²) in [6.07, 6.45) is 5.55. The van der Waals surface area contributed by atoms with Crippen molar-refractivity contribution in [3.8, 4) is 11.5 Å². The normalized spacial score (nSPS) is 46.0. The van der Waals surface area contributed by atoms with Gasteiger partial charge in [-0.2, -0.15) is 0 Å². The second kappa shape index (κ2) is 6.86. The Hall–Kier alpha value is -1.30. The minimum Gasteiger partial charge on any atom is -0.497 e. The molecule has 3 saturated heterocycles. The Morgan fingerprint density at radius 2 is 1.83 bits per heavy atom. The fourth-order valence-electron chi connectivity index (χ4n) is 6.87. The number of methoxy groups -OCH3 is 2. The first-order valence-corrected chi connectivity index (χ1v) is 11.2. The highest BCUT2D eigenvalue weighted by Gasteiger charge is 2.68. The average molecular weight is 403 g/mol. The monoisotopic (exact) mass is 402 g/mol. The number of fused-ring (bicyclic) bond motifs is 2. The van der Waals surface area contributed by atoms with E-state index in [1.165, 1.54) is 6.42 Å². The number of ether oxygens (including phenoxy) is 3. The van der Waals surface area contributed by atoms with Crippen molar-refractivity contribution >= 4 is 0 Å². The fraction of sp³-hybridized carbons (Fsp3) is 0.750. The second-order valence-corrected chi connectivity index (χ2v) is 9.99. The molecule has 0 amide bonds. The van der Waals surface area contributed by atoms with Crippen LogP contribution in [0.5, 0.6) is 11.5 Å². The van der Waals surface area contributed by atoms with Gasteiger partial charge in [0, 0.05) is 18.1 Å². The van der Waals surface area contributed by atoms with Crippen LogP contribution in [0.4, 0.5) is 0 Å². The van der Waals surface area contributed by atoms with Gasteiger partial charge in [-0.3, -0.25) is 0 Å². The van der Waals surface area contributed by atoms with Crippen LogP contribution in [0.2, 0.25) is 0 Å². The molecule has 2 saturated carbocycles. The van der Waals surface area contributed by atoms with Crippen molar-refractivity contribution in [2.24, 2.45) is 23.7 Å². The van der Waals surface area contributed by atoms with Gasteiger partial charge in [0.15, 0.2) is 0 Å². The van der Waals surface area contributed by atoms with E-state index < -0.39 is 0 Å². The molecule has 0 aromatic heterocycles. The standard InChI is InChI=1S/C24H34O5/c1-14-6-9-19-15(2)22(17-8-7-16(25-4)12-20(17)26-5)27-21-13-23(3)11-10-18(14)24(19,21)29-28-23/h7-8,12,14-15,18-19,21-22H,6,9-11,13H2,1-5H3/t14-,15?,18?,19?,21?,22?,23+,24-/m1/s1. The maximum atomic E-state index is 6.93. The van der Waals surface area contributed by atoms with Crippen molar-refractivity contribution in [1.82, 2.24) is 0 Å². The molecular weight excluding hydrogens is 368 g/mol. The van der Waals surface area contributed by atoms with E-state index in [0.29, 0.717) is 23.7 Å². The molecule has 2 aliphatic carbocycles. The third-order valence-electron chi connectivity index (χ3n) is 8.44. The van der Waals surface area contributed by atoms with E-state index in [-0.39, 0.29) is 23.4 Å². The summed E-state index contributed by atoms with van der Waals surface area (Å²) in [4.78, 5) is 12.5. The summed E-state index contributed by atoms with van der Waals surface area (Å²) in [6, 6.07) is 6.07. The Morgan fingerprint density at radius 3 is 2.59 bits per heavy atom. The van der Waals surface area contributed by atoms with Gasteiger partial charge in [-0.1, -0.05) is 13.8 Å². The summed E-state index contributed by atoms with van der Waals surface area (Å²) in [6.45, 7) is 6.89. The molecule has 1 aromatic rings. The summed E-state index contributed by atoms with van der Waals surface area (Å²) in [5.41, 5.74) is 0.535. The van der Waals surface area contributed by atoms with E-state index in [1.54, 1.807) is 14.2 Å². The molecule has 5 heteroatoms. The van der Waals surface area contributed by atoms with Gasteiger partial charge < -0.3 is 14.2 Å². The Labute approximate surface area is 173 Å². The Bertz CT molecular complexity index is 781. The van der Waals surface area contributed by atoms with Crippen LogP contribution in [-0.4, -0.2) is 31.5 Å². The zero-order valence-corrected chi connectivity index (χ0v) is 18.3. The third kappa shape index (κ3) is 2.77. The molecule has 0 N–H and O–H groups in total.